The molecule has 0 spiro atoms. The SMILES string of the molecule is Brc1ccc(/C=C/C2=NN(c3ccccc3)C(c3ccc(Br)cc3)C2)cc1. The van der Waals surface area contributed by atoms with Gasteiger partial charge in [0.1, 0.15) is 0 Å². The number of anilines is 1. The van der Waals surface area contributed by atoms with E-state index in [1.807, 2.05) is 6.07 Å². The van der Waals surface area contributed by atoms with E-state index in [9.17, 15) is 0 Å². The van der Waals surface area contributed by atoms with Crippen molar-refractivity contribution in [1.82, 2.24) is 0 Å². The Labute approximate surface area is 176 Å². The number of benzene rings is 3. The molecule has 1 heterocycles. The van der Waals surface area contributed by atoms with Gasteiger partial charge in [-0.15, -0.1) is 0 Å². The van der Waals surface area contributed by atoms with Crippen molar-refractivity contribution in [3.05, 3.63) is 105 Å². The van der Waals surface area contributed by atoms with E-state index in [4.69, 9.17) is 5.10 Å². The van der Waals surface area contributed by atoms with Crippen LogP contribution in [0.4, 0.5) is 5.69 Å². The van der Waals surface area contributed by atoms with E-state index in [1.54, 1.807) is 0 Å². The maximum atomic E-state index is 4.91. The first-order valence-corrected chi connectivity index (χ1v) is 10.4. The first kappa shape index (κ1) is 18.2. The van der Waals surface area contributed by atoms with Gasteiger partial charge in [0.05, 0.1) is 17.4 Å². The predicted molar refractivity (Wildman–Crippen MR) is 121 cm³/mol. The van der Waals surface area contributed by atoms with E-state index in [0.717, 1.165) is 26.8 Å². The molecule has 0 saturated carbocycles. The third kappa shape index (κ3) is 4.40. The summed E-state index contributed by atoms with van der Waals surface area (Å²) in [5.74, 6) is 0. The summed E-state index contributed by atoms with van der Waals surface area (Å²) < 4.78 is 2.18. The fraction of sp³-hybridized carbons (Fsp3) is 0.0870. The number of hydrogen-bond donors (Lipinski definition) is 0. The number of allylic oxidation sites excluding steroid dienone is 1. The van der Waals surface area contributed by atoms with E-state index < -0.39 is 0 Å². The van der Waals surface area contributed by atoms with E-state index in [2.05, 4.69) is 122 Å². The lowest BCUT2D eigenvalue weighted by molar-refractivity contribution is 0.709. The molecule has 27 heavy (non-hydrogen) atoms. The first-order valence-electron chi connectivity index (χ1n) is 8.80. The zero-order chi connectivity index (χ0) is 18.6. The maximum absolute atomic E-state index is 4.91. The number of para-hydroxylation sites is 1. The van der Waals surface area contributed by atoms with E-state index >= 15 is 0 Å². The summed E-state index contributed by atoms with van der Waals surface area (Å²) >= 11 is 7.00. The topological polar surface area (TPSA) is 15.6 Å². The molecule has 0 aromatic heterocycles. The lowest BCUT2D eigenvalue weighted by atomic mass is 10.0. The molecule has 0 fully saturated rings. The third-order valence-corrected chi connectivity index (χ3v) is 5.60. The van der Waals surface area contributed by atoms with Gasteiger partial charge in [-0.25, -0.2) is 0 Å². The van der Waals surface area contributed by atoms with Gasteiger partial charge in [-0.2, -0.15) is 5.10 Å². The number of halogens is 2. The summed E-state index contributed by atoms with van der Waals surface area (Å²) in [5, 5.41) is 7.04. The molecule has 1 atom stereocenters. The highest BCUT2D eigenvalue weighted by Gasteiger charge is 2.28. The standard InChI is InChI=1S/C23H18Br2N2/c24-19-11-6-17(7-12-19)8-15-21-16-23(18-9-13-20(25)14-10-18)27(26-21)22-4-2-1-3-5-22/h1-15,23H,16H2/b15-8+. The highest BCUT2D eigenvalue weighted by atomic mass is 79.9. The minimum absolute atomic E-state index is 0.199. The lowest BCUT2D eigenvalue weighted by Crippen LogP contribution is -2.18. The van der Waals surface area contributed by atoms with Crippen LogP contribution in [0.15, 0.2) is 99.0 Å². The van der Waals surface area contributed by atoms with Crippen LogP contribution >= 0.6 is 31.9 Å². The van der Waals surface area contributed by atoms with Crippen LogP contribution in [0.3, 0.4) is 0 Å². The molecule has 4 heteroatoms. The molecular weight excluding hydrogens is 464 g/mol. The Morgan fingerprint density at radius 2 is 1.41 bits per heavy atom. The number of hydrazone groups is 1. The van der Waals surface area contributed by atoms with Crippen LogP contribution in [-0.4, -0.2) is 5.71 Å². The van der Waals surface area contributed by atoms with Gasteiger partial charge in [0, 0.05) is 15.4 Å². The van der Waals surface area contributed by atoms with Crippen molar-refractivity contribution in [3.63, 3.8) is 0 Å². The van der Waals surface area contributed by atoms with E-state index in [1.165, 1.54) is 11.1 Å². The Hall–Kier alpha value is -2.17. The van der Waals surface area contributed by atoms with Gasteiger partial charge in [-0.1, -0.05) is 80.4 Å². The molecule has 3 aromatic rings. The summed E-state index contributed by atoms with van der Waals surface area (Å²) in [7, 11) is 0. The van der Waals surface area contributed by atoms with Crippen molar-refractivity contribution in [1.29, 1.82) is 0 Å². The second-order valence-corrected chi connectivity index (χ2v) is 8.26. The minimum Gasteiger partial charge on any atom is -0.257 e. The van der Waals surface area contributed by atoms with Crippen LogP contribution in [0.25, 0.3) is 6.08 Å². The van der Waals surface area contributed by atoms with Crippen molar-refractivity contribution in [2.45, 2.75) is 12.5 Å². The van der Waals surface area contributed by atoms with Crippen LogP contribution in [0.1, 0.15) is 23.6 Å². The van der Waals surface area contributed by atoms with E-state index in [-0.39, 0.29) is 6.04 Å². The van der Waals surface area contributed by atoms with Gasteiger partial charge in [0.2, 0.25) is 0 Å². The van der Waals surface area contributed by atoms with Gasteiger partial charge < -0.3 is 0 Å². The Morgan fingerprint density at radius 3 is 2.07 bits per heavy atom. The van der Waals surface area contributed by atoms with Gasteiger partial charge in [-0.05, 0) is 53.6 Å². The molecule has 0 amide bonds. The highest BCUT2D eigenvalue weighted by molar-refractivity contribution is 9.10. The molecule has 1 aliphatic heterocycles. The summed E-state index contributed by atoms with van der Waals surface area (Å²) in [5.41, 5.74) is 4.62. The minimum atomic E-state index is 0.199. The van der Waals surface area contributed by atoms with Crippen molar-refractivity contribution >= 4 is 49.3 Å². The molecule has 4 rings (SSSR count). The van der Waals surface area contributed by atoms with Gasteiger partial charge in [-0.3, -0.25) is 5.01 Å². The molecule has 0 saturated heterocycles. The fourth-order valence-electron chi connectivity index (χ4n) is 3.16. The highest BCUT2D eigenvalue weighted by Crippen LogP contribution is 2.35. The lowest BCUT2D eigenvalue weighted by Gasteiger charge is -2.24. The van der Waals surface area contributed by atoms with Crippen LogP contribution in [0.5, 0.6) is 0 Å². The summed E-state index contributed by atoms with van der Waals surface area (Å²) in [6, 6.07) is 27.4. The Balaban J connectivity index is 1.63. The molecule has 0 aliphatic carbocycles. The Morgan fingerprint density at radius 1 is 0.778 bits per heavy atom. The van der Waals surface area contributed by atoms with Crippen molar-refractivity contribution in [2.75, 3.05) is 5.01 Å². The summed E-state index contributed by atoms with van der Waals surface area (Å²) in [6.45, 7) is 0. The van der Waals surface area contributed by atoms with E-state index in [0.29, 0.717) is 0 Å². The average molecular weight is 482 g/mol. The average Bonchev–Trinajstić information content (AvgIpc) is 3.13. The van der Waals surface area contributed by atoms with Crippen molar-refractivity contribution in [3.8, 4) is 0 Å². The summed E-state index contributed by atoms with van der Waals surface area (Å²) in [4.78, 5) is 0. The third-order valence-electron chi connectivity index (χ3n) is 4.55. The van der Waals surface area contributed by atoms with Gasteiger partial charge in [0.25, 0.3) is 0 Å². The largest absolute Gasteiger partial charge is 0.257 e. The Kier molecular flexibility index (Phi) is 5.55. The number of hydrogen-bond acceptors (Lipinski definition) is 2. The fourth-order valence-corrected chi connectivity index (χ4v) is 3.69. The van der Waals surface area contributed by atoms with Crippen LogP contribution in [0.2, 0.25) is 0 Å². The summed E-state index contributed by atoms with van der Waals surface area (Å²) in [6.07, 6.45) is 5.12. The molecule has 2 nitrogen and oxygen atoms in total. The quantitative estimate of drug-likeness (QED) is 0.383. The molecule has 1 aliphatic rings. The molecule has 0 bridgehead atoms. The zero-order valence-electron chi connectivity index (χ0n) is 14.6. The second-order valence-electron chi connectivity index (χ2n) is 6.43. The molecule has 0 radical (unpaired) electrons. The monoisotopic (exact) mass is 480 g/mol. The maximum Gasteiger partial charge on any atom is 0.0831 e. The number of rotatable bonds is 4. The van der Waals surface area contributed by atoms with Crippen LogP contribution in [-0.2, 0) is 0 Å². The Bertz CT molecular complexity index is 962. The predicted octanol–water partition coefficient (Wildman–Crippen LogP) is 7.23. The first-order chi connectivity index (χ1) is 13.2. The van der Waals surface area contributed by atoms with Crippen LogP contribution < -0.4 is 5.01 Å². The molecule has 1 unspecified atom stereocenters. The smallest absolute Gasteiger partial charge is 0.0831 e. The van der Waals surface area contributed by atoms with Crippen molar-refractivity contribution in [2.24, 2.45) is 5.10 Å². The van der Waals surface area contributed by atoms with Gasteiger partial charge >= 0.3 is 0 Å². The molecular formula is C23H18Br2N2. The normalized spacial score (nSPS) is 16.7. The van der Waals surface area contributed by atoms with Gasteiger partial charge in [0.15, 0.2) is 0 Å². The van der Waals surface area contributed by atoms with Crippen LogP contribution in [0, 0.1) is 0 Å². The molecule has 3 aromatic carbocycles. The zero-order valence-corrected chi connectivity index (χ0v) is 17.8. The molecule has 0 N–H and O–H groups in total. The van der Waals surface area contributed by atoms with Crippen molar-refractivity contribution < 1.29 is 0 Å². The second kappa shape index (κ2) is 8.24. The molecule has 134 valence electrons. The number of nitrogens with zero attached hydrogens (tertiary/aromatic N) is 2.